The fourth-order valence-corrected chi connectivity index (χ4v) is 0. The third-order valence-corrected chi connectivity index (χ3v) is 0. The number of allylic oxidation sites excluding steroid dienone is 2. The van der Waals surface area contributed by atoms with E-state index in [1.807, 2.05) is 27.7 Å². The van der Waals surface area contributed by atoms with E-state index in [4.69, 9.17) is 0 Å². The molecular weight excluding hydrogens is 144 g/mol. The molecule has 0 spiro atoms. The molecule has 0 atom stereocenters. The third kappa shape index (κ3) is 2520. The van der Waals surface area contributed by atoms with E-state index in [0.717, 1.165) is 5.92 Å². The van der Waals surface area contributed by atoms with Crippen molar-refractivity contribution in [1.82, 2.24) is 0 Å². The van der Waals surface area contributed by atoms with Crippen molar-refractivity contribution in [3.63, 3.8) is 0 Å². The zero-order chi connectivity index (χ0) is 10.7. The van der Waals surface area contributed by atoms with Gasteiger partial charge in [-0.25, -0.2) is 0 Å². The molecule has 0 bridgehead atoms. The van der Waals surface area contributed by atoms with E-state index in [1.54, 1.807) is 0 Å². The summed E-state index contributed by atoms with van der Waals surface area (Å²) in [5.41, 5.74) is 2.33. The Morgan fingerprint density at radius 1 is 0.750 bits per heavy atom. The maximum atomic E-state index is 3.56. The molecule has 0 nitrogen and oxygen atoms in total. The van der Waals surface area contributed by atoms with Gasteiger partial charge < -0.3 is 0 Å². The van der Waals surface area contributed by atoms with Gasteiger partial charge in [0, 0.05) is 0 Å². The molecule has 0 heterocycles. The highest BCUT2D eigenvalue weighted by Gasteiger charge is 1.68. The Labute approximate surface area is 79.4 Å². The van der Waals surface area contributed by atoms with Crippen molar-refractivity contribution in [3.05, 3.63) is 24.3 Å². The predicted octanol–water partition coefficient (Wildman–Crippen LogP) is 4.83. The Morgan fingerprint density at radius 3 is 0.750 bits per heavy atom. The highest BCUT2D eigenvalue weighted by atomic mass is 13.7. The van der Waals surface area contributed by atoms with Gasteiger partial charge in [0.2, 0.25) is 0 Å². The van der Waals surface area contributed by atoms with Crippen LogP contribution in [0, 0.1) is 5.92 Å². The molecule has 0 aliphatic carbocycles. The molecule has 74 valence electrons. The minimum Gasteiger partial charge on any atom is -0.100 e. The predicted molar refractivity (Wildman–Crippen MR) is 61.5 cm³/mol. The van der Waals surface area contributed by atoms with Gasteiger partial charge in [-0.3, -0.25) is 0 Å². The summed E-state index contributed by atoms with van der Waals surface area (Å²) in [5, 5.41) is 0. The fourth-order valence-electron chi connectivity index (χ4n) is 0. The van der Waals surface area contributed by atoms with Crippen LogP contribution in [-0.4, -0.2) is 0 Å². The Bertz CT molecular complexity index is 84.5. The molecule has 0 unspecified atom stereocenters. The lowest BCUT2D eigenvalue weighted by molar-refractivity contribution is 0.737. The molecule has 0 rings (SSSR count). The summed E-state index contributed by atoms with van der Waals surface area (Å²) in [5.74, 6) is 0.833. The van der Waals surface area contributed by atoms with E-state index in [0.29, 0.717) is 0 Å². The second-order valence-corrected chi connectivity index (χ2v) is 4.15. The molecule has 0 heteroatoms. The van der Waals surface area contributed by atoms with Crippen LogP contribution in [0.3, 0.4) is 0 Å². The van der Waals surface area contributed by atoms with E-state index in [1.165, 1.54) is 11.1 Å². The normalized spacial score (nSPS) is 7.33. The molecule has 0 aromatic rings. The van der Waals surface area contributed by atoms with Gasteiger partial charge in [-0.15, -0.1) is 13.2 Å². The first-order valence-electron chi connectivity index (χ1n) is 4.44. The number of hydrogen-bond donors (Lipinski definition) is 0. The Kier molecular flexibility index (Phi) is 19.1. The summed E-state index contributed by atoms with van der Waals surface area (Å²) >= 11 is 0. The molecule has 0 saturated carbocycles. The van der Waals surface area contributed by atoms with Gasteiger partial charge in [-0.1, -0.05) is 31.9 Å². The van der Waals surface area contributed by atoms with Gasteiger partial charge in [0.25, 0.3) is 0 Å². The van der Waals surface area contributed by atoms with Crippen LogP contribution in [-0.2, 0) is 0 Å². The molecule has 0 amide bonds. The van der Waals surface area contributed by atoms with Gasteiger partial charge in [0.1, 0.15) is 0 Å². The van der Waals surface area contributed by atoms with Gasteiger partial charge in [0.05, 0.1) is 0 Å². The van der Waals surface area contributed by atoms with Gasteiger partial charge in [-0.2, -0.15) is 0 Å². The van der Waals surface area contributed by atoms with Crippen molar-refractivity contribution in [3.8, 4) is 0 Å². The Hall–Kier alpha value is -0.520. The van der Waals surface area contributed by atoms with Crippen molar-refractivity contribution in [2.75, 3.05) is 0 Å². The average Bonchev–Trinajstić information content (AvgIpc) is 1.54. The number of rotatable bonds is 0. The van der Waals surface area contributed by atoms with Gasteiger partial charge >= 0.3 is 0 Å². The highest BCUT2D eigenvalue weighted by Crippen LogP contribution is 1.81. The van der Waals surface area contributed by atoms with Crippen LogP contribution in [0.25, 0.3) is 0 Å². The zero-order valence-electron chi connectivity index (χ0n) is 9.99. The fraction of sp³-hybridized carbons (Fsp3) is 0.667. The SMILES string of the molecule is C=C(C)C.C=C(C)C.CC(C)C. The third-order valence-electron chi connectivity index (χ3n) is 0. The largest absolute Gasteiger partial charge is 0.100 e. The first kappa shape index (κ1) is 17.5. The van der Waals surface area contributed by atoms with Crippen LogP contribution in [0.5, 0.6) is 0 Å². The lowest BCUT2D eigenvalue weighted by Crippen LogP contribution is -1.66. The van der Waals surface area contributed by atoms with Crippen molar-refractivity contribution >= 4 is 0 Å². The maximum Gasteiger partial charge on any atom is -0.0445 e. The van der Waals surface area contributed by atoms with E-state index < -0.39 is 0 Å². The maximum absolute atomic E-state index is 3.56. The molecule has 0 aromatic carbocycles. The molecule has 0 aromatic heterocycles. The Balaban J connectivity index is -0.000000101. The molecule has 12 heavy (non-hydrogen) atoms. The summed E-state index contributed by atoms with van der Waals surface area (Å²) in [6.45, 7) is 21.5. The minimum absolute atomic E-state index is 0.833. The molecule has 0 saturated heterocycles. The second-order valence-electron chi connectivity index (χ2n) is 4.15. The van der Waals surface area contributed by atoms with Crippen molar-refractivity contribution < 1.29 is 0 Å². The topological polar surface area (TPSA) is 0 Å². The van der Waals surface area contributed by atoms with Crippen LogP contribution in [0.4, 0.5) is 0 Å². The van der Waals surface area contributed by atoms with Gasteiger partial charge in [0.15, 0.2) is 0 Å². The standard InChI is InChI=1S/C4H10.2C4H8/c3*1-4(2)3/h4H,1-3H3;2*1H2,2-3H3. The van der Waals surface area contributed by atoms with Crippen molar-refractivity contribution in [2.24, 2.45) is 5.92 Å². The van der Waals surface area contributed by atoms with Crippen LogP contribution < -0.4 is 0 Å². The van der Waals surface area contributed by atoms with Crippen molar-refractivity contribution in [1.29, 1.82) is 0 Å². The quantitative estimate of drug-likeness (QED) is 0.457. The van der Waals surface area contributed by atoms with Crippen molar-refractivity contribution in [2.45, 2.75) is 48.5 Å². The Morgan fingerprint density at radius 2 is 0.750 bits per heavy atom. The smallest absolute Gasteiger partial charge is 0.0445 e. The lowest BCUT2D eigenvalue weighted by Gasteiger charge is -1.79. The monoisotopic (exact) mass is 170 g/mol. The molecule has 0 aliphatic heterocycles. The van der Waals surface area contributed by atoms with Crippen LogP contribution in [0.15, 0.2) is 24.3 Å². The zero-order valence-corrected chi connectivity index (χ0v) is 9.99. The molecule has 0 N–H and O–H groups in total. The average molecular weight is 170 g/mol. The first-order valence-corrected chi connectivity index (χ1v) is 4.44. The molecule has 0 aliphatic rings. The van der Waals surface area contributed by atoms with Crippen LogP contribution in [0.2, 0.25) is 0 Å². The van der Waals surface area contributed by atoms with E-state index in [9.17, 15) is 0 Å². The molecule has 0 radical (unpaired) electrons. The summed E-state index contributed by atoms with van der Waals surface area (Å²) < 4.78 is 0. The van der Waals surface area contributed by atoms with Gasteiger partial charge in [-0.05, 0) is 33.6 Å². The summed E-state index contributed by atoms with van der Waals surface area (Å²) in [4.78, 5) is 0. The molecular formula is C12H26. The van der Waals surface area contributed by atoms with E-state index in [-0.39, 0.29) is 0 Å². The first-order chi connectivity index (χ1) is 5.20. The summed E-state index contributed by atoms with van der Waals surface area (Å²) in [7, 11) is 0. The van der Waals surface area contributed by atoms with Crippen LogP contribution in [0.1, 0.15) is 48.5 Å². The van der Waals surface area contributed by atoms with E-state index >= 15 is 0 Å². The number of hydrogen-bond acceptors (Lipinski definition) is 0. The minimum atomic E-state index is 0.833. The van der Waals surface area contributed by atoms with Crippen LogP contribution >= 0.6 is 0 Å². The lowest BCUT2D eigenvalue weighted by atomic mass is 10.3. The summed E-state index contributed by atoms with van der Waals surface area (Å²) in [6.07, 6.45) is 0. The highest BCUT2D eigenvalue weighted by molar-refractivity contribution is 4.79. The second kappa shape index (κ2) is 13.1. The molecule has 0 fully saturated rings. The summed E-state index contributed by atoms with van der Waals surface area (Å²) in [6, 6.07) is 0. The van der Waals surface area contributed by atoms with E-state index in [2.05, 4.69) is 33.9 Å².